The summed E-state index contributed by atoms with van der Waals surface area (Å²) < 4.78 is 0. The predicted octanol–water partition coefficient (Wildman–Crippen LogP) is 2.91. The summed E-state index contributed by atoms with van der Waals surface area (Å²) in [4.78, 5) is 4.97. The fourth-order valence-electron chi connectivity index (χ4n) is 2.35. The van der Waals surface area contributed by atoms with Gasteiger partial charge in [0.1, 0.15) is 0 Å². The van der Waals surface area contributed by atoms with Crippen LogP contribution in [0.3, 0.4) is 0 Å². The molecule has 1 aromatic carbocycles. The van der Waals surface area contributed by atoms with Gasteiger partial charge in [0.2, 0.25) is 0 Å². The molecular weight excluding hydrogens is 218 g/mol. The molecule has 1 aliphatic carbocycles. The molecule has 0 fully saturated rings. The summed E-state index contributed by atoms with van der Waals surface area (Å²) in [6.45, 7) is 0. The van der Waals surface area contributed by atoms with Crippen LogP contribution in [0.5, 0.6) is 0 Å². The van der Waals surface area contributed by atoms with Gasteiger partial charge >= 0.3 is 0 Å². The van der Waals surface area contributed by atoms with E-state index in [1.54, 1.807) is 11.7 Å². The summed E-state index contributed by atoms with van der Waals surface area (Å²) in [5, 5.41) is 10.0. The van der Waals surface area contributed by atoms with Gasteiger partial charge in [0, 0.05) is 6.20 Å². The average Bonchev–Trinajstić information content (AvgIpc) is 2.79. The first kappa shape index (κ1) is 10.00. The van der Waals surface area contributed by atoms with Gasteiger partial charge in [0.05, 0.1) is 16.5 Å². The maximum absolute atomic E-state index is 10.0. The lowest BCUT2D eigenvalue weighted by Gasteiger charge is -2.31. The first-order chi connectivity index (χ1) is 7.84. The maximum atomic E-state index is 10.0. The number of fused-ring (bicyclic) bond motifs is 1. The van der Waals surface area contributed by atoms with Gasteiger partial charge in [-0.05, 0) is 29.9 Å². The van der Waals surface area contributed by atoms with E-state index in [9.17, 15) is 5.11 Å². The Bertz CT molecular complexity index is 480. The molecule has 2 unspecified atom stereocenters. The summed E-state index contributed by atoms with van der Waals surface area (Å²) in [5.74, 6) is 0.522. The molecule has 16 heavy (non-hydrogen) atoms. The Morgan fingerprint density at radius 1 is 1.44 bits per heavy atom. The minimum Gasteiger partial charge on any atom is -0.387 e. The molecule has 1 aliphatic rings. The number of hydrogen-bond donors (Lipinski definition) is 1. The molecule has 0 aliphatic heterocycles. The van der Waals surface area contributed by atoms with Gasteiger partial charge in [-0.3, -0.25) is 4.98 Å². The second kappa shape index (κ2) is 4.00. The van der Waals surface area contributed by atoms with Crippen LogP contribution in [0, 0.1) is 0 Å². The van der Waals surface area contributed by atoms with Gasteiger partial charge in [0.25, 0.3) is 0 Å². The van der Waals surface area contributed by atoms with Crippen molar-refractivity contribution in [2.75, 3.05) is 0 Å². The van der Waals surface area contributed by atoms with Crippen LogP contribution in [-0.2, 0) is 6.42 Å². The molecule has 0 spiro atoms. The lowest BCUT2D eigenvalue weighted by atomic mass is 9.75. The van der Waals surface area contributed by atoms with Gasteiger partial charge in [-0.25, -0.2) is 0 Å². The van der Waals surface area contributed by atoms with Crippen LogP contribution >= 0.6 is 11.3 Å². The van der Waals surface area contributed by atoms with Crippen molar-refractivity contribution in [2.24, 2.45) is 0 Å². The van der Waals surface area contributed by atoms with Gasteiger partial charge in [-0.1, -0.05) is 24.3 Å². The van der Waals surface area contributed by atoms with Crippen LogP contribution in [0.1, 0.15) is 34.4 Å². The maximum Gasteiger partial charge on any atom is 0.0904 e. The number of hydrogen-bond acceptors (Lipinski definition) is 3. The van der Waals surface area contributed by atoms with Crippen molar-refractivity contribution < 1.29 is 5.11 Å². The van der Waals surface area contributed by atoms with E-state index in [1.165, 1.54) is 22.5 Å². The number of thiazole rings is 1. The molecule has 82 valence electrons. The fraction of sp³-hybridized carbons (Fsp3) is 0.308. The second-order valence-corrected chi connectivity index (χ2v) is 5.17. The van der Waals surface area contributed by atoms with Crippen molar-refractivity contribution in [3.05, 3.63) is 52.0 Å². The topological polar surface area (TPSA) is 33.1 Å². The van der Waals surface area contributed by atoms with Crippen molar-refractivity contribution in [1.29, 1.82) is 0 Å². The smallest absolute Gasteiger partial charge is 0.0904 e. The SMILES string of the molecule is OC(CC1Cc2ccccc21)c1cncs1. The fourth-order valence-corrected chi connectivity index (χ4v) is 2.97. The van der Waals surface area contributed by atoms with E-state index in [0.717, 1.165) is 17.7 Å². The van der Waals surface area contributed by atoms with Crippen LogP contribution in [0.15, 0.2) is 36.0 Å². The number of aliphatic hydroxyl groups excluding tert-OH is 1. The number of aliphatic hydroxyl groups is 1. The summed E-state index contributed by atoms with van der Waals surface area (Å²) in [6.07, 6.45) is 3.33. The minimum atomic E-state index is -0.356. The van der Waals surface area contributed by atoms with Crippen LogP contribution in [0.25, 0.3) is 0 Å². The van der Waals surface area contributed by atoms with Crippen molar-refractivity contribution in [3.63, 3.8) is 0 Å². The third-order valence-corrected chi connectivity index (χ3v) is 4.13. The van der Waals surface area contributed by atoms with Crippen LogP contribution in [-0.4, -0.2) is 10.1 Å². The Morgan fingerprint density at radius 3 is 3.06 bits per heavy atom. The van der Waals surface area contributed by atoms with E-state index in [2.05, 4.69) is 29.2 Å². The molecule has 1 N–H and O–H groups in total. The van der Waals surface area contributed by atoms with Crippen molar-refractivity contribution >= 4 is 11.3 Å². The Morgan fingerprint density at radius 2 is 2.31 bits per heavy atom. The summed E-state index contributed by atoms with van der Waals surface area (Å²) in [6, 6.07) is 8.49. The normalized spacial score (nSPS) is 19.9. The lowest BCUT2D eigenvalue weighted by molar-refractivity contribution is 0.157. The van der Waals surface area contributed by atoms with Crippen LogP contribution in [0.4, 0.5) is 0 Å². The number of aromatic nitrogens is 1. The molecule has 3 rings (SSSR count). The number of rotatable bonds is 3. The van der Waals surface area contributed by atoms with E-state index in [0.29, 0.717) is 5.92 Å². The van der Waals surface area contributed by atoms with Gasteiger partial charge in [0.15, 0.2) is 0 Å². The van der Waals surface area contributed by atoms with E-state index in [1.807, 2.05) is 0 Å². The summed E-state index contributed by atoms with van der Waals surface area (Å²) in [5.41, 5.74) is 4.61. The third kappa shape index (κ3) is 1.66. The third-order valence-electron chi connectivity index (χ3n) is 3.25. The van der Waals surface area contributed by atoms with Gasteiger partial charge in [-0.2, -0.15) is 0 Å². The van der Waals surface area contributed by atoms with Crippen LogP contribution in [0.2, 0.25) is 0 Å². The average molecular weight is 231 g/mol. The quantitative estimate of drug-likeness (QED) is 0.881. The Balaban J connectivity index is 1.70. The van der Waals surface area contributed by atoms with Gasteiger partial charge in [-0.15, -0.1) is 11.3 Å². The Labute approximate surface area is 98.6 Å². The number of benzene rings is 1. The van der Waals surface area contributed by atoms with Crippen molar-refractivity contribution in [2.45, 2.75) is 24.9 Å². The van der Waals surface area contributed by atoms with E-state index in [4.69, 9.17) is 0 Å². The largest absolute Gasteiger partial charge is 0.387 e. The monoisotopic (exact) mass is 231 g/mol. The van der Waals surface area contributed by atoms with Gasteiger partial charge < -0.3 is 5.11 Å². The van der Waals surface area contributed by atoms with Crippen LogP contribution < -0.4 is 0 Å². The molecule has 1 heterocycles. The predicted molar refractivity (Wildman–Crippen MR) is 64.6 cm³/mol. The second-order valence-electron chi connectivity index (χ2n) is 4.26. The molecule has 0 radical (unpaired) electrons. The molecule has 0 amide bonds. The van der Waals surface area contributed by atoms with E-state index in [-0.39, 0.29) is 6.10 Å². The zero-order chi connectivity index (χ0) is 11.0. The minimum absolute atomic E-state index is 0.356. The molecule has 3 heteroatoms. The highest BCUT2D eigenvalue weighted by Crippen LogP contribution is 2.40. The summed E-state index contributed by atoms with van der Waals surface area (Å²) >= 11 is 1.53. The molecular formula is C13H13NOS. The molecule has 0 saturated heterocycles. The highest BCUT2D eigenvalue weighted by molar-refractivity contribution is 7.09. The molecule has 2 aromatic rings. The first-order valence-corrected chi connectivity index (χ1v) is 6.37. The zero-order valence-corrected chi connectivity index (χ0v) is 9.65. The standard InChI is InChI=1S/C13H13NOS/c15-12(13-7-14-8-16-13)6-10-5-9-3-1-2-4-11(9)10/h1-4,7-8,10,12,15H,5-6H2. The first-order valence-electron chi connectivity index (χ1n) is 5.49. The zero-order valence-electron chi connectivity index (χ0n) is 8.84. The molecule has 0 saturated carbocycles. The molecule has 2 atom stereocenters. The Kier molecular flexibility index (Phi) is 2.50. The lowest BCUT2D eigenvalue weighted by Crippen LogP contribution is -2.19. The van der Waals surface area contributed by atoms with Crippen molar-refractivity contribution in [1.82, 2.24) is 4.98 Å². The Hall–Kier alpha value is -1.19. The molecule has 1 aromatic heterocycles. The van der Waals surface area contributed by atoms with Crippen molar-refractivity contribution in [3.8, 4) is 0 Å². The molecule has 0 bridgehead atoms. The molecule has 2 nitrogen and oxygen atoms in total. The van der Waals surface area contributed by atoms with E-state index >= 15 is 0 Å². The highest BCUT2D eigenvalue weighted by atomic mass is 32.1. The highest BCUT2D eigenvalue weighted by Gasteiger charge is 2.28. The summed E-state index contributed by atoms with van der Waals surface area (Å²) in [7, 11) is 0. The number of nitrogens with zero attached hydrogens (tertiary/aromatic N) is 1. The van der Waals surface area contributed by atoms with E-state index < -0.39 is 0 Å².